The second-order valence-electron chi connectivity index (χ2n) is 7.68. The van der Waals surface area contributed by atoms with E-state index in [9.17, 15) is 18.5 Å². The molecule has 1 aliphatic heterocycles. The van der Waals surface area contributed by atoms with Crippen LogP contribution < -0.4 is 15.9 Å². The molecule has 10 heteroatoms. The molecule has 9 nitrogen and oxygen atoms in total. The van der Waals surface area contributed by atoms with E-state index in [4.69, 9.17) is 16.3 Å². The maximum absolute atomic E-state index is 13.9. The lowest BCUT2D eigenvalue weighted by Crippen LogP contribution is -2.47. The summed E-state index contributed by atoms with van der Waals surface area (Å²) in [7, 11) is -4.29. The number of sulfonamides is 1. The number of fused-ring (bicyclic) bond motifs is 1. The molecule has 2 aromatic carbocycles. The molecule has 4 N–H and O–H groups in total. The van der Waals surface area contributed by atoms with Crippen LogP contribution >= 0.6 is 0 Å². The Morgan fingerprint density at radius 2 is 1.79 bits per heavy atom. The topological polar surface area (TPSA) is 144 Å². The zero-order valence-corrected chi connectivity index (χ0v) is 18.9. The van der Waals surface area contributed by atoms with Crippen molar-refractivity contribution in [1.82, 2.24) is 4.68 Å². The zero-order chi connectivity index (χ0) is 23.9. The number of ether oxygens (including phenoxy) is 1. The first-order valence-corrected chi connectivity index (χ1v) is 11.7. The van der Waals surface area contributed by atoms with Crippen molar-refractivity contribution in [1.29, 1.82) is 5.26 Å². The zero-order valence-electron chi connectivity index (χ0n) is 18.1. The van der Waals surface area contributed by atoms with E-state index in [1.54, 1.807) is 49.4 Å². The average molecular weight is 466 g/mol. The van der Waals surface area contributed by atoms with E-state index in [0.29, 0.717) is 11.1 Å². The maximum Gasteiger partial charge on any atom is 0.331 e. The largest absolute Gasteiger partial charge is 0.464 e. The number of esters is 1. The fourth-order valence-corrected chi connectivity index (χ4v) is 5.87. The number of carbonyl (C=O) groups excluding carboxylic acids is 1. The van der Waals surface area contributed by atoms with Gasteiger partial charge in [-0.3, -0.25) is 0 Å². The van der Waals surface area contributed by atoms with Crippen molar-refractivity contribution in [2.45, 2.75) is 30.7 Å². The summed E-state index contributed by atoms with van der Waals surface area (Å²) in [6.07, 6.45) is 0. The van der Waals surface area contributed by atoms with Gasteiger partial charge in [-0.05, 0) is 31.5 Å². The highest BCUT2D eigenvalue weighted by Crippen LogP contribution is 2.51. The van der Waals surface area contributed by atoms with Gasteiger partial charge in [0.1, 0.15) is 11.9 Å². The van der Waals surface area contributed by atoms with Crippen molar-refractivity contribution in [2.24, 2.45) is 0 Å². The predicted molar refractivity (Wildman–Crippen MR) is 123 cm³/mol. The first-order chi connectivity index (χ1) is 15.7. The van der Waals surface area contributed by atoms with Gasteiger partial charge in [-0.1, -0.05) is 48.0 Å². The van der Waals surface area contributed by atoms with E-state index < -0.39 is 28.0 Å². The summed E-state index contributed by atoms with van der Waals surface area (Å²) in [6.45, 7) is 3.53. The third-order valence-corrected chi connectivity index (χ3v) is 7.50. The van der Waals surface area contributed by atoms with Gasteiger partial charge in [0.2, 0.25) is 0 Å². The van der Waals surface area contributed by atoms with Crippen molar-refractivity contribution >= 4 is 27.5 Å². The molecule has 2 unspecified atom stereocenters. The molecule has 33 heavy (non-hydrogen) atoms. The molecule has 0 aliphatic carbocycles. The highest BCUT2D eigenvalue weighted by atomic mass is 32.2. The molecule has 0 amide bonds. The molecule has 0 radical (unpaired) electrons. The molecule has 0 bridgehead atoms. The quantitative estimate of drug-likeness (QED) is 0.434. The van der Waals surface area contributed by atoms with E-state index in [1.165, 1.54) is 12.1 Å². The van der Waals surface area contributed by atoms with Gasteiger partial charge in [0, 0.05) is 11.5 Å². The number of anilines is 2. The summed E-state index contributed by atoms with van der Waals surface area (Å²) >= 11 is 0. The fraction of sp³-hybridized carbons (Fsp3) is 0.217. The van der Waals surface area contributed by atoms with Gasteiger partial charge in [0.05, 0.1) is 17.2 Å². The molecule has 0 fully saturated rings. The maximum atomic E-state index is 13.9. The summed E-state index contributed by atoms with van der Waals surface area (Å²) in [6, 6.07) is 15.8. The van der Waals surface area contributed by atoms with Gasteiger partial charge < -0.3 is 16.3 Å². The molecule has 0 saturated heterocycles. The number of hydrogen-bond acceptors (Lipinski definition) is 7. The Hall–Kier alpha value is -3.97. The van der Waals surface area contributed by atoms with Crippen molar-refractivity contribution < 1.29 is 17.9 Å². The Kier molecular flexibility index (Phi) is 5.51. The van der Waals surface area contributed by atoms with Crippen LogP contribution in [-0.4, -0.2) is 31.7 Å². The summed E-state index contributed by atoms with van der Waals surface area (Å²) < 4.78 is 35.0. The summed E-state index contributed by atoms with van der Waals surface area (Å²) in [5.41, 5.74) is 8.05. The molecule has 4 rings (SSSR count). The summed E-state index contributed by atoms with van der Waals surface area (Å²) in [5.74, 6) is 4.60. The van der Waals surface area contributed by atoms with Crippen LogP contribution in [0.25, 0.3) is 0 Å². The van der Waals surface area contributed by atoms with Crippen molar-refractivity contribution in [3.05, 3.63) is 77.0 Å². The second kappa shape index (κ2) is 8.18. The number of aryl methyl sites for hydroxylation is 1. The number of nitriles is 1. The van der Waals surface area contributed by atoms with E-state index in [1.807, 2.05) is 13.0 Å². The predicted octanol–water partition coefficient (Wildman–Crippen LogP) is 2.24. The molecular weight excluding hydrogens is 442 g/mol. The highest BCUT2D eigenvalue weighted by Gasteiger charge is 2.54. The number of aromatic nitrogens is 1. The fourth-order valence-electron chi connectivity index (χ4n) is 4.24. The van der Waals surface area contributed by atoms with Gasteiger partial charge >= 0.3 is 5.97 Å². The standard InChI is InChI=1S/C23H23N5O4S/c1-3-32-23(29)21-18(15-7-5-4-6-8-15)19-20(25)17(13-24)27(26)22(19)28(21)33(30,31)16-11-9-14(2)10-12-16/h4-12,18,21H,3,25-26H2,1-2H3. The molecule has 0 saturated carbocycles. The molecule has 1 aliphatic rings. The van der Waals surface area contributed by atoms with Crippen LogP contribution in [0.1, 0.15) is 35.2 Å². The molecular formula is C23H23N5O4S. The third kappa shape index (κ3) is 3.37. The second-order valence-corrected chi connectivity index (χ2v) is 9.50. The Balaban J connectivity index is 2.05. The van der Waals surface area contributed by atoms with E-state index in [-0.39, 0.29) is 28.7 Å². The number of carbonyl (C=O) groups is 1. The number of nitrogens with zero attached hydrogens (tertiary/aromatic N) is 3. The van der Waals surface area contributed by atoms with E-state index in [2.05, 4.69) is 0 Å². The third-order valence-electron chi connectivity index (χ3n) is 5.71. The molecule has 170 valence electrons. The van der Waals surface area contributed by atoms with Crippen LogP contribution in [0.3, 0.4) is 0 Å². The van der Waals surface area contributed by atoms with Crippen LogP contribution in [0.15, 0.2) is 59.5 Å². The van der Waals surface area contributed by atoms with Gasteiger partial charge in [-0.2, -0.15) is 5.26 Å². The van der Waals surface area contributed by atoms with Crippen LogP contribution in [0.4, 0.5) is 11.5 Å². The number of nitrogen functional groups attached to an aromatic ring is 2. The Labute approximate surface area is 191 Å². The van der Waals surface area contributed by atoms with Crippen LogP contribution in [-0.2, 0) is 19.6 Å². The lowest BCUT2D eigenvalue weighted by atomic mass is 9.88. The first-order valence-electron chi connectivity index (χ1n) is 10.3. The van der Waals surface area contributed by atoms with Crippen LogP contribution in [0, 0.1) is 18.3 Å². The highest BCUT2D eigenvalue weighted by molar-refractivity contribution is 7.93. The minimum atomic E-state index is -4.29. The average Bonchev–Trinajstić information content (AvgIpc) is 3.28. The Morgan fingerprint density at radius 1 is 1.15 bits per heavy atom. The summed E-state index contributed by atoms with van der Waals surface area (Å²) in [5, 5.41) is 9.62. The van der Waals surface area contributed by atoms with Gasteiger partial charge in [0.15, 0.2) is 11.7 Å². The SMILES string of the molecule is CCOC(=O)C1C(c2ccccc2)c2c(N)c(C#N)n(N)c2N1S(=O)(=O)c1ccc(C)cc1. The molecule has 3 aromatic rings. The Bertz CT molecular complexity index is 1360. The van der Waals surface area contributed by atoms with Crippen molar-refractivity contribution in [3.63, 3.8) is 0 Å². The molecule has 2 heterocycles. The molecule has 1 aromatic heterocycles. The van der Waals surface area contributed by atoms with Crippen LogP contribution in [0.2, 0.25) is 0 Å². The van der Waals surface area contributed by atoms with Gasteiger partial charge in [0.25, 0.3) is 10.0 Å². The minimum absolute atomic E-state index is 0.0275. The molecule has 2 atom stereocenters. The van der Waals surface area contributed by atoms with Gasteiger partial charge in [-0.25, -0.2) is 22.2 Å². The Morgan fingerprint density at radius 3 is 2.36 bits per heavy atom. The first kappa shape index (κ1) is 22.2. The normalized spacial score (nSPS) is 17.4. The van der Waals surface area contributed by atoms with Gasteiger partial charge in [-0.15, -0.1) is 0 Å². The number of benzene rings is 2. The number of rotatable bonds is 5. The lowest BCUT2D eigenvalue weighted by molar-refractivity contribution is -0.144. The number of hydrogen-bond donors (Lipinski definition) is 2. The van der Waals surface area contributed by atoms with Crippen molar-refractivity contribution in [2.75, 3.05) is 22.5 Å². The molecule has 0 spiro atoms. The smallest absolute Gasteiger partial charge is 0.331 e. The number of nitrogens with two attached hydrogens (primary N) is 2. The van der Waals surface area contributed by atoms with E-state index >= 15 is 0 Å². The minimum Gasteiger partial charge on any atom is -0.464 e. The van der Waals surface area contributed by atoms with Crippen molar-refractivity contribution in [3.8, 4) is 6.07 Å². The lowest BCUT2D eigenvalue weighted by Gasteiger charge is -2.29. The monoisotopic (exact) mass is 465 g/mol. The van der Waals surface area contributed by atoms with E-state index in [0.717, 1.165) is 14.5 Å². The summed E-state index contributed by atoms with van der Waals surface area (Å²) in [4.78, 5) is 13.2. The van der Waals surface area contributed by atoms with Crippen LogP contribution in [0.5, 0.6) is 0 Å².